The summed E-state index contributed by atoms with van der Waals surface area (Å²) in [4.78, 5) is 27.5. The molecule has 0 saturated heterocycles. The smallest absolute Gasteiger partial charge is 0.305 e. The van der Waals surface area contributed by atoms with Crippen LogP contribution in [-0.4, -0.2) is 22.0 Å². The largest absolute Gasteiger partial charge is 0.481 e. The van der Waals surface area contributed by atoms with E-state index >= 15 is 0 Å². The lowest BCUT2D eigenvalue weighted by molar-refractivity contribution is -0.137. The molecule has 22 heavy (non-hydrogen) atoms. The second-order valence-electron chi connectivity index (χ2n) is 4.89. The summed E-state index contributed by atoms with van der Waals surface area (Å²) in [5.41, 5.74) is 1.51. The van der Waals surface area contributed by atoms with E-state index in [1.54, 1.807) is 0 Å². The Balaban J connectivity index is 2.03. The van der Waals surface area contributed by atoms with E-state index < -0.39 is 12.0 Å². The van der Waals surface area contributed by atoms with Gasteiger partial charge in [0.1, 0.15) is 0 Å². The molecule has 116 valence electrons. The van der Waals surface area contributed by atoms with Crippen LogP contribution < -0.4 is 5.32 Å². The molecular weight excluding hydrogens is 300 g/mol. The lowest BCUT2D eigenvalue weighted by Crippen LogP contribution is -2.31. The first kappa shape index (κ1) is 16.2. The van der Waals surface area contributed by atoms with Crippen molar-refractivity contribution < 1.29 is 14.7 Å². The van der Waals surface area contributed by atoms with Gasteiger partial charge in [0.2, 0.25) is 5.91 Å². The molecule has 0 fully saturated rings. The number of carboxylic acid groups (broad SMARTS) is 1. The standard InChI is InChI=1S/C16H18N2O3S/c1-2-15-17-12(10-22-15)8-14(19)18-13(9-16(20)21)11-6-4-3-5-7-11/h3-7,10,13H,2,8-9H2,1H3,(H,18,19)(H,20,21)/t13-/m1/s1. The van der Waals surface area contributed by atoms with Crippen LogP contribution in [-0.2, 0) is 22.4 Å². The highest BCUT2D eigenvalue weighted by Gasteiger charge is 2.18. The molecule has 0 aliphatic heterocycles. The fraction of sp³-hybridized carbons (Fsp3) is 0.312. The number of aliphatic carboxylic acids is 1. The molecular formula is C16H18N2O3S. The highest BCUT2D eigenvalue weighted by molar-refractivity contribution is 7.09. The molecule has 0 aliphatic rings. The summed E-state index contributed by atoms with van der Waals surface area (Å²) in [6, 6.07) is 8.59. The van der Waals surface area contributed by atoms with Gasteiger partial charge in [-0.15, -0.1) is 11.3 Å². The van der Waals surface area contributed by atoms with E-state index in [-0.39, 0.29) is 18.7 Å². The molecule has 1 aromatic heterocycles. The molecule has 0 spiro atoms. The van der Waals surface area contributed by atoms with E-state index in [0.29, 0.717) is 0 Å². The van der Waals surface area contributed by atoms with E-state index in [2.05, 4.69) is 10.3 Å². The number of hydrogen-bond donors (Lipinski definition) is 2. The number of nitrogens with zero attached hydrogens (tertiary/aromatic N) is 1. The Morgan fingerprint density at radius 1 is 1.32 bits per heavy atom. The first-order valence-electron chi connectivity index (χ1n) is 7.08. The third-order valence-corrected chi connectivity index (χ3v) is 4.20. The van der Waals surface area contributed by atoms with Gasteiger partial charge in [-0.25, -0.2) is 4.98 Å². The molecule has 1 atom stereocenters. The maximum absolute atomic E-state index is 12.1. The van der Waals surface area contributed by atoms with Crippen molar-refractivity contribution in [1.82, 2.24) is 10.3 Å². The van der Waals surface area contributed by atoms with Crippen molar-refractivity contribution in [1.29, 1.82) is 0 Å². The van der Waals surface area contributed by atoms with E-state index in [4.69, 9.17) is 5.11 Å². The van der Waals surface area contributed by atoms with Crippen molar-refractivity contribution in [3.8, 4) is 0 Å². The number of carboxylic acids is 1. The van der Waals surface area contributed by atoms with Crippen LogP contribution in [0.1, 0.15) is 35.7 Å². The van der Waals surface area contributed by atoms with Crippen LogP contribution in [0.5, 0.6) is 0 Å². The summed E-state index contributed by atoms with van der Waals surface area (Å²) < 4.78 is 0. The SMILES string of the molecule is CCc1nc(CC(=O)N[C@H](CC(=O)O)c2ccccc2)cs1. The van der Waals surface area contributed by atoms with Crippen LogP contribution in [0.4, 0.5) is 0 Å². The third-order valence-electron chi connectivity index (χ3n) is 3.16. The summed E-state index contributed by atoms with van der Waals surface area (Å²) in [7, 11) is 0. The fourth-order valence-electron chi connectivity index (χ4n) is 2.11. The molecule has 0 radical (unpaired) electrons. The van der Waals surface area contributed by atoms with Gasteiger partial charge in [-0.1, -0.05) is 37.3 Å². The number of aromatic nitrogens is 1. The Kier molecular flexibility index (Phi) is 5.66. The zero-order valence-electron chi connectivity index (χ0n) is 12.3. The molecule has 1 amide bonds. The zero-order chi connectivity index (χ0) is 15.9. The molecule has 0 saturated carbocycles. The highest BCUT2D eigenvalue weighted by atomic mass is 32.1. The Bertz CT molecular complexity index is 640. The number of rotatable bonds is 7. The van der Waals surface area contributed by atoms with Crippen LogP contribution in [0, 0.1) is 0 Å². The number of nitrogens with one attached hydrogen (secondary N) is 1. The highest BCUT2D eigenvalue weighted by Crippen LogP contribution is 2.17. The van der Waals surface area contributed by atoms with Crippen molar-refractivity contribution in [2.45, 2.75) is 32.2 Å². The van der Waals surface area contributed by atoms with Crippen LogP contribution in [0.25, 0.3) is 0 Å². The monoisotopic (exact) mass is 318 g/mol. The van der Waals surface area contributed by atoms with Crippen LogP contribution in [0.2, 0.25) is 0 Å². The van der Waals surface area contributed by atoms with E-state index in [1.807, 2.05) is 42.6 Å². The maximum atomic E-state index is 12.1. The minimum atomic E-state index is -0.948. The second-order valence-corrected chi connectivity index (χ2v) is 5.83. The third kappa shape index (κ3) is 4.66. The van der Waals surface area contributed by atoms with Crippen LogP contribution in [0.3, 0.4) is 0 Å². The molecule has 1 heterocycles. The number of hydrogen-bond acceptors (Lipinski definition) is 4. The van der Waals surface area contributed by atoms with Gasteiger partial charge < -0.3 is 10.4 Å². The number of amides is 1. The molecule has 2 N–H and O–H groups in total. The van der Waals surface area contributed by atoms with E-state index in [9.17, 15) is 9.59 Å². The van der Waals surface area contributed by atoms with Crippen LogP contribution in [0.15, 0.2) is 35.7 Å². The summed E-state index contributed by atoms with van der Waals surface area (Å²) in [5.74, 6) is -1.17. The van der Waals surface area contributed by atoms with Gasteiger partial charge in [-0.2, -0.15) is 0 Å². The van der Waals surface area contributed by atoms with Gasteiger partial charge in [0.15, 0.2) is 0 Å². The van der Waals surface area contributed by atoms with E-state index in [1.165, 1.54) is 11.3 Å². The Labute approximate surface area is 133 Å². The summed E-state index contributed by atoms with van der Waals surface area (Å²) in [5, 5.41) is 14.7. The number of thiazole rings is 1. The average molecular weight is 318 g/mol. The van der Waals surface area contributed by atoms with Crippen molar-refractivity contribution in [2.75, 3.05) is 0 Å². The fourth-order valence-corrected chi connectivity index (χ4v) is 2.86. The Morgan fingerprint density at radius 3 is 2.64 bits per heavy atom. The first-order valence-corrected chi connectivity index (χ1v) is 7.95. The van der Waals surface area contributed by atoms with Crippen LogP contribution >= 0.6 is 11.3 Å². The topological polar surface area (TPSA) is 79.3 Å². The Morgan fingerprint density at radius 2 is 2.05 bits per heavy atom. The van der Waals surface area contributed by atoms with Gasteiger partial charge in [0.05, 0.1) is 29.6 Å². The second kappa shape index (κ2) is 7.70. The average Bonchev–Trinajstić information content (AvgIpc) is 2.94. The first-order chi connectivity index (χ1) is 10.6. The van der Waals surface area contributed by atoms with Gasteiger partial charge in [-0.3, -0.25) is 9.59 Å². The molecule has 5 nitrogen and oxygen atoms in total. The predicted octanol–water partition coefficient (Wildman–Crippen LogP) is 2.58. The minimum absolute atomic E-state index is 0.146. The van der Waals surface area contributed by atoms with Gasteiger partial charge in [-0.05, 0) is 12.0 Å². The van der Waals surface area contributed by atoms with Gasteiger partial charge in [0, 0.05) is 5.38 Å². The van der Waals surface area contributed by atoms with Gasteiger partial charge >= 0.3 is 5.97 Å². The number of benzene rings is 1. The predicted molar refractivity (Wildman–Crippen MR) is 84.8 cm³/mol. The van der Waals surface area contributed by atoms with Crippen molar-refractivity contribution >= 4 is 23.2 Å². The lowest BCUT2D eigenvalue weighted by Gasteiger charge is -2.17. The van der Waals surface area contributed by atoms with E-state index in [0.717, 1.165) is 22.7 Å². The number of aryl methyl sites for hydroxylation is 1. The zero-order valence-corrected chi connectivity index (χ0v) is 13.1. The van der Waals surface area contributed by atoms with Crippen molar-refractivity contribution in [3.05, 3.63) is 52.0 Å². The van der Waals surface area contributed by atoms with Gasteiger partial charge in [0.25, 0.3) is 0 Å². The number of carbonyl (C=O) groups is 2. The molecule has 1 aromatic carbocycles. The minimum Gasteiger partial charge on any atom is -0.481 e. The summed E-state index contributed by atoms with van der Waals surface area (Å²) in [6.07, 6.45) is 0.865. The Hall–Kier alpha value is -2.21. The molecule has 0 unspecified atom stereocenters. The lowest BCUT2D eigenvalue weighted by atomic mass is 10.0. The summed E-state index contributed by atoms with van der Waals surface area (Å²) >= 11 is 1.53. The molecule has 6 heteroatoms. The van der Waals surface area contributed by atoms with Crippen molar-refractivity contribution in [2.24, 2.45) is 0 Å². The summed E-state index contributed by atoms with van der Waals surface area (Å²) in [6.45, 7) is 2.01. The maximum Gasteiger partial charge on any atom is 0.305 e. The quantitative estimate of drug-likeness (QED) is 0.822. The molecule has 0 bridgehead atoms. The number of carbonyl (C=O) groups excluding carboxylic acids is 1. The molecule has 2 aromatic rings. The molecule has 2 rings (SSSR count). The normalized spacial score (nSPS) is 11.9. The van der Waals surface area contributed by atoms with Crippen molar-refractivity contribution in [3.63, 3.8) is 0 Å². The molecule has 0 aliphatic carbocycles.